The predicted molar refractivity (Wildman–Crippen MR) is 53.4 cm³/mol. The smallest absolute Gasteiger partial charge is 0.121 e. The lowest BCUT2D eigenvalue weighted by Crippen LogP contribution is -2.00. The van der Waals surface area contributed by atoms with Crippen LogP contribution in [0.1, 0.15) is 47.0 Å². The van der Waals surface area contributed by atoms with E-state index in [-0.39, 0.29) is 6.10 Å². The minimum Gasteiger partial charge on any atom is -0.393 e. The Kier molecular flexibility index (Phi) is 6.82. The van der Waals surface area contributed by atoms with E-state index >= 15 is 0 Å². The number of hydrogen-bond donors (Lipinski definition) is 0. The zero-order valence-corrected chi connectivity index (χ0v) is 8.71. The van der Waals surface area contributed by atoms with Gasteiger partial charge in [0.25, 0.3) is 0 Å². The minimum atomic E-state index is 0.194. The van der Waals surface area contributed by atoms with E-state index in [1.54, 1.807) is 0 Å². The molecule has 0 saturated heterocycles. The molecule has 12 heavy (non-hydrogen) atoms. The molecule has 0 bridgehead atoms. The third-order valence-corrected chi connectivity index (χ3v) is 1.60. The topological polar surface area (TPSA) is 21.6 Å². The van der Waals surface area contributed by atoms with E-state index in [4.69, 9.17) is 4.84 Å². The number of unbranched alkanes of at least 4 members (excludes halogenated alkanes) is 1. The van der Waals surface area contributed by atoms with E-state index in [1.165, 1.54) is 19.3 Å². The molecule has 0 aromatic carbocycles. The molecule has 0 aromatic heterocycles. The van der Waals surface area contributed by atoms with Crippen molar-refractivity contribution in [1.82, 2.24) is 0 Å². The molecule has 0 aliphatic heterocycles. The Balaban J connectivity index is 3.39. The second kappa shape index (κ2) is 7.14. The van der Waals surface area contributed by atoms with Crippen LogP contribution in [0.25, 0.3) is 0 Å². The molecular formula is C10H21NO. The summed E-state index contributed by atoms with van der Waals surface area (Å²) in [5.41, 5.74) is 0. The van der Waals surface area contributed by atoms with Crippen LogP contribution in [0.2, 0.25) is 0 Å². The maximum atomic E-state index is 5.06. The van der Waals surface area contributed by atoms with Gasteiger partial charge in [0.15, 0.2) is 0 Å². The Morgan fingerprint density at radius 2 is 2.00 bits per heavy atom. The van der Waals surface area contributed by atoms with Gasteiger partial charge in [-0.15, -0.1) is 0 Å². The first-order valence-electron chi connectivity index (χ1n) is 4.86. The summed E-state index contributed by atoms with van der Waals surface area (Å²) in [7, 11) is 0. The summed E-state index contributed by atoms with van der Waals surface area (Å²) in [4.78, 5) is 5.06. The second-order valence-corrected chi connectivity index (χ2v) is 3.53. The molecule has 1 atom stereocenters. The van der Waals surface area contributed by atoms with Crippen LogP contribution in [0, 0.1) is 5.92 Å². The number of nitrogens with zero attached hydrogens (tertiary/aromatic N) is 1. The van der Waals surface area contributed by atoms with E-state index in [1.807, 2.05) is 20.1 Å². The first-order valence-corrected chi connectivity index (χ1v) is 4.86. The molecule has 1 unspecified atom stereocenters. The van der Waals surface area contributed by atoms with Gasteiger partial charge in [-0.25, -0.2) is 0 Å². The maximum absolute atomic E-state index is 5.06. The molecule has 0 aromatic rings. The van der Waals surface area contributed by atoms with Gasteiger partial charge in [0, 0.05) is 6.21 Å². The highest BCUT2D eigenvalue weighted by Gasteiger charge is 1.96. The molecule has 0 radical (unpaired) electrons. The standard InChI is InChI=1S/C10H21NO/c1-5-6-7-10(4)8-11-12-9(2)3/h8-10H,5-7H2,1-4H3/b11-8+. The predicted octanol–water partition coefficient (Wildman–Crippen LogP) is 3.22. The zero-order valence-electron chi connectivity index (χ0n) is 8.71. The lowest BCUT2D eigenvalue weighted by molar-refractivity contribution is 0.0861. The molecule has 0 aliphatic rings. The maximum Gasteiger partial charge on any atom is 0.121 e. The Morgan fingerprint density at radius 3 is 2.50 bits per heavy atom. The Morgan fingerprint density at radius 1 is 1.33 bits per heavy atom. The fourth-order valence-corrected chi connectivity index (χ4v) is 0.861. The summed E-state index contributed by atoms with van der Waals surface area (Å²) in [6, 6.07) is 0. The summed E-state index contributed by atoms with van der Waals surface area (Å²) < 4.78 is 0. The third kappa shape index (κ3) is 7.58. The zero-order chi connectivity index (χ0) is 9.40. The highest BCUT2D eigenvalue weighted by Crippen LogP contribution is 2.04. The van der Waals surface area contributed by atoms with E-state index < -0.39 is 0 Å². The van der Waals surface area contributed by atoms with Gasteiger partial charge in [-0.1, -0.05) is 31.8 Å². The van der Waals surface area contributed by atoms with Crippen LogP contribution in [-0.4, -0.2) is 12.3 Å². The number of rotatable bonds is 6. The fourth-order valence-electron chi connectivity index (χ4n) is 0.861. The molecule has 2 heteroatoms. The highest BCUT2D eigenvalue weighted by atomic mass is 16.6. The van der Waals surface area contributed by atoms with E-state index in [0.29, 0.717) is 5.92 Å². The van der Waals surface area contributed by atoms with E-state index in [9.17, 15) is 0 Å². The van der Waals surface area contributed by atoms with Crippen molar-refractivity contribution in [3.8, 4) is 0 Å². The van der Waals surface area contributed by atoms with Crippen molar-refractivity contribution in [2.45, 2.75) is 53.1 Å². The molecular weight excluding hydrogens is 150 g/mol. The molecule has 0 amide bonds. The second-order valence-electron chi connectivity index (χ2n) is 3.53. The van der Waals surface area contributed by atoms with Gasteiger partial charge in [-0.2, -0.15) is 0 Å². The fraction of sp³-hybridized carbons (Fsp3) is 0.900. The number of hydrogen-bond acceptors (Lipinski definition) is 2. The lowest BCUT2D eigenvalue weighted by Gasteiger charge is -2.04. The van der Waals surface area contributed by atoms with Crippen LogP contribution in [-0.2, 0) is 4.84 Å². The van der Waals surface area contributed by atoms with Gasteiger partial charge >= 0.3 is 0 Å². The van der Waals surface area contributed by atoms with Gasteiger partial charge in [0.1, 0.15) is 6.10 Å². The number of oxime groups is 1. The quantitative estimate of drug-likeness (QED) is 0.444. The van der Waals surface area contributed by atoms with Crippen molar-refractivity contribution in [3.05, 3.63) is 0 Å². The largest absolute Gasteiger partial charge is 0.393 e. The van der Waals surface area contributed by atoms with Crippen molar-refractivity contribution in [1.29, 1.82) is 0 Å². The first-order chi connectivity index (χ1) is 5.66. The Labute approximate surface area is 76.0 Å². The molecule has 0 N–H and O–H groups in total. The summed E-state index contributed by atoms with van der Waals surface area (Å²) in [5, 5.41) is 3.90. The molecule has 0 fully saturated rings. The monoisotopic (exact) mass is 171 g/mol. The summed E-state index contributed by atoms with van der Waals surface area (Å²) >= 11 is 0. The molecule has 2 nitrogen and oxygen atoms in total. The van der Waals surface area contributed by atoms with Crippen LogP contribution < -0.4 is 0 Å². The van der Waals surface area contributed by atoms with Gasteiger partial charge in [0.05, 0.1) is 0 Å². The van der Waals surface area contributed by atoms with Crippen molar-refractivity contribution in [2.75, 3.05) is 0 Å². The molecule has 0 heterocycles. The van der Waals surface area contributed by atoms with Gasteiger partial charge in [0.2, 0.25) is 0 Å². The van der Waals surface area contributed by atoms with E-state index in [0.717, 1.165) is 0 Å². The summed E-state index contributed by atoms with van der Waals surface area (Å²) in [6.45, 7) is 8.33. The normalized spacial score (nSPS) is 14.1. The van der Waals surface area contributed by atoms with Gasteiger partial charge < -0.3 is 4.84 Å². The van der Waals surface area contributed by atoms with Crippen LogP contribution in [0.3, 0.4) is 0 Å². The van der Waals surface area contributed by atoms with Gasteiger partial charge in [-0.05, 0) is 26.2 Å². The van der Waals surface area contributed by atoms with E-state index in [2.05, 4.69) is 19.0 Å². The third-order valence-electron chi connectivity index (χ3n) is 1.60. The molecule has 0 spiro atoms. The molecule has 0 saturated carbocycles. The molecule has 0 rings (SSSR count). The van der Waals surface area contributed by atoms with Crippen molar-refractivity contribution in [3.63, 3.8) is 0 Å². The van der Waals surface area contributed by atoms with Gasteiger partial charge in [-0.3, -0.25) is 0 Å². The Hall–Kier alpha value is -0.530. The van der Waals surface area contributed by atoms with Crippen molar-refractivity contribution >= 4 is 6.21 Å². The average Bonchev–Trinajstić information content (AvgIpc) is 2.00. The Bertz CT molecular complexity index is 121. The van der Waals surface area contributed by atoms with Crippen LogP contribution in [0.4, 0.5) is 0 Å². The first kappa shape index (κ1) is 11.5. The molecule has 72 valence electrons. The summed E-state index contributed by atoms with van der Waals surface area (Å²) in [5.74, 6) is 0.545. The minimum absolute atomic E-state index is 0.194. The molecule has 0 aliphatic carbocycles. The van der Waals surface area contributed by atoms with Crippen LogP contribution in [0.15, 0.2) is 5.16 Å². The lowest BCUT2D eigenvalue weighted by atomic mass is 10.1. The average molecular weight is 171 g/mol. The highest BCUT2D eigenvalue weighted by molar-refractivity contribution is 5.59. The van der Waals surface area contributed by atoms with Crippen LogP contribution >= 0.6 is 0 Å². The van der Waals surface area contributed by atoms with Crippen molar-refractivity contribution in [2.24, 2.45) is 11.1 Å². The van der Waals surface area contributed by atoms with Crippen LogP contribution in [0.5, 0.6) is 0 Å². The summed E-state index contributed by atoms with van der Waals surface area (Å²) in [6.07, 6.45) is 5.83. The SMILES string of the molecule is CCCCC(C)/C=N/OC(C)C. The van der Waals surface area contributed by atoms with Crippen molar-refractivity contribution < 1.29 is 4.84 Å².